The molecule has 0 aliphatic heterocycles. The Hall–Kier alpha value is 0.0364. The molecule has 8 heteroatoms. The van der Waals surface area contributed by atoms with Gasteiger partial charge in [-0.2, -0.15) is 8.42 Å². The number of phenolic OH excluding ortho intramolecular Hbond substituents is 1. The normalized spacial score (nSPS) is 12.4. The summed E-state index contributed by atoms with van der Waals surface area (Å²) in [6.07, 6.45) is 0.680. The van der Waals surface area contributed by atoms with E-state index in [4.69, 9.17) is 9.29 Å². The van der Waals surface area contributed by atoms with Crippen molar-refractivity contribution in [3.63, 3.8) is 0 Å². The van der Waals surface area contributed by atoms with Crippen molar-refractivity contribution in [3.05, 3.63) is 28.8 Å². The van der Waals surface area contributed by atoms with Crippen molar-refractivity contribution in [1.29, 1.82) is 0 Å². The summed E-state index contributed by atoms with van der Waals surface area (Å²) in [5.41, 5.74) is 2.14. The van der Waals surface area contributed by atoms with Crippen LogP contribution >= 0.6 is 0 Å². The second kappa shape index (κ2) is 10.9. The Labute approximate surface area is 211 Å². The Kier molecular flexibility index (Phi) is 10.9. The van der Waals surface area contributed by atoms with Crippen LogP contribution in [0.5, 0.6) is 5.75 Å². The zero-order chi connectivity index (χ0) is 21.0. The molecule has 1 aromatic rings. The Morgan fingerprint density at radius 2 is 1.50 bits per heavy atom. The van der Waals surface area contributed by atoms with Crippen LogP contribution in [0.15, 0.2) is 12.1 Å². The molecule has 0 atom stereocenters. The maximum absolute atomic E-state index is 11.9. The van der Waals surface area contributed by atoms with E-state index < -0.39 is 21.8 Å². The Morgan fingerprint density at radius 1 is 1.04 bits per heavy atom. The predicted octanol–water partition coefficient (Wildman–Crippen LogP) is 3.36. The number of phenols is 1. The van der Waals surface area contributed by atoms with Crippen molar-refractivity contribution in [2.75, 3.05) is 12.4 Å². The molecule has 28 heavy (non-hydrogen) atoms. The predicted molar refractivity (Wildman–Crippen MR) is 112 cm³/mol. The Morgan fingerprint density at radius 3 is 1.89 bits per heavy atom. The van der Waals surface area contributed by atoms with Crippen molar-refractivity contribution in [1.82, 2.24) is 0 Å². The maximum Gasteiger partial charge on any atom is 0.306 e. The van der Waals surface area contributed by atoms with Gasteiger partial charge in [-0.3, -0.25) is 9.35 Å². The molecule has 2 N–H and O–H groups in total. The monoisotopic (exact) mass is 439 g/mol. The molecule has 6 nitrogen and oxygen atoms in total. The fourth-order valence-corrected chi connectivity index (χ4v) is 3.21. The van der Waals surface area contributed by atoms with E-state index in [1.54, 1.807) is 0 Å². The van der Waals surface area contributed by atoms with Crippen LogP contribution in [0.4, 0.5) is 0 Å². The minimum Gasteiger partial charge on any atom is -0.507 e. The molecule has 0 unspecified atom stereocenters. The van der Waals surface area contributed by atoms with Crippen LogP contribution in [0, 0.1) is 0 Å². The first-order chi connectivity index (χ1) is 12.1. The summed E-state index contributed by atoms with van der Waals surface area (Å²) >= 11 is 0. The number of carbonyl (C=O) groups excluding carboxylic acids is 1. The molecule has 0 heterocycles. The van der Waals surface area contributed by atoms with Crippen LogP contribution < -0.4 is 0 Å². The summed E-state index contributed by atoms with van der Waals surface area (Å²) < 4.78 is 34.9. The number of ether oxygens (including phenoxy) is 1. The van der Waals surface area contributed by atoms with E-state index >= 15 is 0 Å². The van der Waals surface area contributed by atoms with Gasteiger partial charge >= 0.3 is 5.97 Å². The molecule has 155 valence electrons. The van der Waals surface area contributed by atoms with Gasteiger partial charge in [-0.1, -0.05) is 53.7 Å². The molecule has 0 fully saturated rings. The van der Waals surface area contributed by atoms with E-state index in [9.17, 15) is 18.3 Å². The van der Waals surface area contributed by atoms with Gasteiger partial charge in [0.05, 0.1) is 12.4 Å². The van der Waals surface area contributed by atoms with E-state index in [2.05, 4.69) is 0 Å². The van der Waals surface area contributed by atoms with Crippen molar-refractivity contribution >= 4 is 67.5 Å². The van der Waals surface area contributed by atoms with Crippen LogP contribution in [0.25, 0.3) is 0 Å². The molecule has 0 saturated heterocycles. The molecule has 1 rings (SSSR count). The van der Waals surface area contributed by atoms with Gasteiger partial charge in [0.1, 0.15) is 5.75 Å². The van der Waals surface area contributed by atoms with E-state index in [1.165, 1.54) is 0 Å². The number of rotatable bonds is 7. The van der Waals surface area contributed by atoms with Crippen LogP contribution in [0.3, 0.4) is 0 Å². The quantitative estimate of drug-likeness (QED) is 0.292. The standard InChI is InChI=1S/C20H32O6S.K/c1-19(2,3)15-12-14(13-16(18(15)22)20(4,5)6)8-9-17(21)26-10-7-11-27(23,24)25;/h12-13,22H,7-11H2,1-6H3,(H,23,24,25);. The zero-order valence-corrected chi connectivity index (χ0v) is 22.1. The van der Waals surface area contributed by atoms with Crippen LogP contribution in [0.1, 0.15) is 71.1 Å². The average molecular weight is 440 g/mol. The molecule has 0 spiro atoms. The number of esters is 1. The first-order valence-corrected chi connectivity index (χ1v) is 10.7. The van der Waals surface area contributed by atoms with E-state index in [0.717, 1.165) is 16.7 Å². The minimum atomic E-state index is -4.03. The smallest absolute Gasteiger partial charge is 0.306 e. The second-order valence-corrected chi connectivity index (χ2v) is 10.5. The molecule has 0 aromatic heterocycles. The number of hydrogen-bond acceptors (Lipinski definition) is 5. The molecular weight excluding hydrogens is 407 g/mol. The van der Waals surface area contributed by atoms with Gasteiger partial charge in [0.2, 0.25) is 0 Å². The molecule has 1 radical (unpaired) electrons. The number of hydrogen-bond donors (Lipinski definition) is 2. The minimum absolute atomic E-state index is 0. The van der Waals surface area contributed by atoms with Gasteiger partial charge in [0.25, 0.3) is 10.1 Å². The maximum atomic E-state index is 11.9. The van der Waals surface area contributed by atoms with Gasteiger partial charge in [-0.05, 0) is 40.4 Å². The molecular formula is C20H32KO6S. The number of aryl methyl sites for hydroxylation is 1. The Bertz CT molecular complexity index is 738. The number of aromatic hydroxyl groups is 1. The molecule has 0 saturated carbocycles. The van der Waals surface area contributed by atoms with Gasteiger partial charge < -0.3 is 9.84 Å². The topological polar surface area (TPSA) is 101 Å². The third-order valence-electron chi connectivity index (χ3n) is 4.21. The third-order valence-corrected chi connectivity index (χ3v) is 5.02. The van der Waals surface area contributed by atoms with Crippen molar-refractivity contribution in [2.24, 2.45) is 0 Å². The first-order valence-electron chi connectivity index (χ1n) is 9.09. The molecule has 0 aliphatic rings. The largest absolute Gasteiger partial charge is 0.507 e. The molecule has 0 amide bonds. The van der Waals surface area contributed by atoms with Gasteiger partial charge in [-0.15, -0.1) is 0 Å². The summed E-state index contributed by atoms with van der Waals surface area (Å²) in [5, 5.41) is 10.7. The summed E-state index contributed by atoms with van der Waals surface area (Å²) in [6, 6.07) is 3.85. The van der Waals surface area contributed by atoms with E-state index in [0.29, 0.717) is 12.2 Å². The number of benzene rings is 1. The Balaban J connectivity index is 0.00000729. The zero-order valence-electron chi connectivity index (χ0n) is 18.1. The van der Waals surface area contributed by atoms with E-state index in [1.807, 2.05) is 53.7 Å². The van der Waals surface area contributed by atoms with Crippen LogP contribution in [-0.4, -0.2) is 87.8 Å². The summed E-state index contributed by atoms with van der Waals surface area (Å²) in [7, 11) is -4.03. The fraction of sp³-hybridized carbons (Fsp3) is 0.650. The van der Waals surface area contributed by atoms with Gasteiger partial charge in [0.15, 0.2) is 0 Å². The van der Waals surface area contributed by atoms with Crippen LogP contribution in [-0.2, 0) is 36.9 Å². The molecule has 0 aliphatic carbocycles. The van der Waals surface area contributed by atoms with Crippen LogP contribution in [0.2, 0.25) is 0 Å². The summed E-state index contributed by atoms with van der Waals surface area (Å²) in [5.74, 6) is -0.554. The second-order valence-electron chi connectivity index (χ2n) is 8.90. The SMILES string of the molecule is CC(C)(C)c1cc(CCC(=O)OCCCS(=O)(=O)O)cc(C(C)(C)C)c1O.[K]. The van der Waals surface area contributed by atoms with Gasteiger partial charge in [-0.25, -0.2) is 0 Å². The summed E-state index contributed by atoms with van der Waals surface area (Å²) in [4.78, 5) is 11.9. The van der Waals surface area contributed by atoms with Crippen molar-refractivity contribution < 1.29 is 27.6 Å². The molecule has 1 aromatic carbocycles. The van der Waals surface area contributed by atoms with Crippen molar-refractivity contribution in [3.8, 4) is 5.75 Å². The third kappa shape index (κ3) is 9.69. The summed E-state index contributed by atoms with van der Waals surface area (Å²) in [6.45, 7) is 12.1. The number of carbonyl (C=O) groups is 1. The molecule has 0 bridgehead atoms. The fourth-order valence-electron chi connectivity index (χ4n) is 2.73. The van der Waals surface area contributed by atoms with Gasteiger partial charge in [0, 0.05) is 57.8 Å². The first kappa shape index (κ1) is 28.0. The van der Waals surface area contributed by atoms with E-state index in [-0.39, 0.29) is 81.7 Å². The average Bonchev–Trinajstić information content (AvgIpc) is 2.47. The van der Waals surface area contributed by atoms with Crippen molar-refractivity contribution in [2.45, 2.75) is 71.6 Å².